The molecule has 0 unspecified atom stereocenters. The van der Waals surface area contributed by atoms with E-state index in [0.29, 0.717) is 34.9 Å². The quantitative estimate of drug-likeness (QED) is 0.478. The third kappa shape index (κ3) is 4.33. The van der Waals surface area contributed by atoms with Crippen molar-refractivity contribution < 1.29 is 31.6 Å². The number of ether oxygens (including phenoxy) is 2. The van der Waals surface area contributed by atoms with Crippen molar-refractivity contribution in [2.45, 2.75) is 11.5 Å². The molecule has 0 bridgehead atoms. The van der Waals surface area contributed by atoms with E-state index in [1.165, 1.54) is 28.8 Å². The molecule has 0 amide bonds. The van der Waals surface area contributed by atoms with Crippen LogP contribution < -0.4 is 0 Å². The fraction of sp³-hybridized carbons (Fsp3) is 0.263. The summed E-state index contributed by atoms with van der Waals surface area (Å²) in [6.45, 7) is 1.04. The Hall–Kier alpha value is -2.47. The van der Waals surface area contributed by atoms with E-state index in [0.717, 1.165) is 0 Å². The summed E-state index contributed by atoms with van der Waals surface area (Å²) < 4.78 is 48.4. The number of aromatic nitrogens is 1. The van der Waals surface area contributed by atoms with Crippen LogP contribution in [0, 0.1) is 0 Å². The number of esters is 1. The van der Waals surface area contributed by atoms with Crippen LogP contribution in [0.1, 0.15) is 16.1 Å². The summed E-state index contributed by atoms with van der Waals surface area (Å²) in [6.07, 6.45) is 1.51. The highest BCUT2D eigenvalue weighted by Crippen LogP contribution is 2.27. The van der Waals surface area contributed by atoms with Gasteiger partial charge in [0.2, 0.25) is 15.8 Å². The molecule has 0 aliphatic carbocycles. The molecule has 30 heavy (non-hydrogen) atoms. The van der Waals surface area contributed by atoms with E-state index in [1.807, 2.05) is 0 Å². The van der Waals surface area contributed by atoms with E-state index < -0.39 is 16.0 Å². The van der Waals surface area contributed by atoms with E-state index in [4.69, 9.17) is 18.4 Å². The smallest absolute Gasteiger partial charge is 0.338 e. The van der Waals surface area contributed by atoms with Gasteiger partial charge in [0.15, 0.2) is 5.76 Å². The molecule has 1 aromatic carbocycles. The molecule has 0 N–H and O–H groups in total. The van der Waals surface area contributed by atoms with Gasteiger partial charge in [0.1, 0.15) is 12.3 Å². The second-order valence-electron chi connectivity index (χ2n) is 6.40. The Morgan fingerprint density at radius 1 is 1.17 bits per heavy atom. The zero-order chi connectivity index (χ0) is 21.1. The average Bonchev–Trinajstić information content (AvgIpc) is 3.45. The first-order valence-corrected chi connectivity index (χ1v) is 11.2. The van der Waals surface area contributed by atoms with E-state index >= 15 is 0 Å². The number of carbonyl (C=O) groups is 1. The lowest BCUT2D eigenvalue weighted by Gasteiger charge is -2.26. The maximum Gasteiger partial charge on any atom is 0.338 e. The minimum Gasteiger partial charge on any atom is -0.461 e. The zero-order valence-electron chi connectivity index (χ0n) is 15.6. The van der Waals surface area contributed by atoms with Crippen molar-refractivity contribution in [2.24, 2.45) is 0 Å². The standard InChI is InChI=1S/C19H17BrN2O7S/c20-15-4-3-13(10-18(15)30(24,25)22-5-8-26-9-6-22)19(23)28-12-14-11-17(29-21-14)16-2-1-7-27-16/h1-4,7,10-11H,5-6,8-9,12H2. The number of carbonyl (C=O) groups excluding carboxylic acids is 1. The van der Waals surface area contributed by atoms with Gasteiger partial charge in [-0.15, -0.1) is 0 Å². The van der Waals surface area contributed by atoms with E-state index in [-0.39, 0.29) is 30.2 Å². The average molecular weight is 497 g/mol. The number of hydrogen-bond acceptors (Lipinski definition) is 8. The van der Waals surface area contributed by atoms with Crippen molar-refractivity contribution in [3.05, 3.63) is 58.4 Å². The van der Waals surface area contributed by atoms with Crippen molar-refractivity contribution in [3.8, 4) is 11.5 Å². The van der Waals surface area contributed by atoms with Gasteiger partial charge in [-0.05, 0) is 46.3 Å². The first-order chi connectivity index (χ1) is 14.4. The van der Waals surface area contributed by atoms with Crippen LogP contribution in [0.4, 0.5) is 0 Å². The highest BCUT2D eigenvalue weighted by Gasteiger charge is 2.29. The molecule has 0 radical (unpaired) electrons. The van der Waals surface area contributed by atoms with Gasteiger partial charge in [-0.2, -0.15) is 4.31 Å². The highest BCUT2D eigenvalue weighted by atomic mass is 79.9. The molecule has 0 atom stereocenters. The van der Waals surface area contributed by atoms with Gasteiger partial charge in [0, 0.05) is 23.6 Å². The molecule has 158 valence electrons. The van der Waals surface area contributed by atoms with Crippen LogP contribution in [0.25, 0.3) is 11.5 Å². The number of halogens is 1. The zero-order valence-corrected chi connectivity index (χ0v) is 18.0. The van der Waals surface area contributed by atoms with Crippen molar-refractivity contribution in [1.29, 1.82) is 0 Å². The molecule has 1 fully saturated rings. The summed E-state index contributed by atoms with van der Waals surface area (Å²) in [7, 11) is -3.78. The number of furan rings is 1. The Morgan fingerprint density at radius 3 is 2.70 bits per heavy atom. The predicted octanol–water partition coefficient (Wildman–Crippen LogP) is 3.08. The second kappa shape index (κ2) is 8.72. The lowest BCUT2D eigenvalue weighted by molar-refractivity contribution is 0.0464. The molecule has 1 saturated heterocycles. The highest BCUT2D eigenvalue weighted by molar-refractivity contribution is 9.10. The van der Waals surface area contributed by atoms with Crippen molar-refractivity contribution in [2.75, 3.05) is 26.3 Å². The van der Waals surface area contributed by atoms with Gasteiger partial charge in [0.05, 0.1) is 29.9 Å². The lowest BCUT2D eigenvalue weighted by Crippen LogP contribution is -2.40. The molecular formula is C19H17BrN2O7S. The lowest BCUT2D eigenvalue weighted by atomic mass is 10.2. The predicted molar refractivity (Wildman–Crippen MR) is 107 cm³/mol. The molecule has 3 aromatic rings. The Morgan fingerprint density at radius 2 is 1.97 bits per heavy atom. The summed E-state index contributed by atoms with van der Waals surface area (Å²) in [5.74, 6) is 0.239. The van der Waals surface area contributed by atoms with Crippen LogP contribution in [-0.4, -0.2) is 50.2 Å². The molecule has 11 heteroatoms. The van der Waals surface area contributed by atoms with Gasteiger partial charge < -0.3 is 18.4 Å². The fourth-order valence-corrected chi connectivity index (χ4v) is 5.25. The van der Waals surface area contributed by atoms with Gasteiger partial charge in [-0.25, -0.2) is 13.2 Å². The van der Waals surface area contributed by atoms with Crippen molar-refractivity contribution in [1.82, 2.24) is 9.46 Å². The Balaban J connectivity index is 1.47. The molecule has 9 nitrogen and oxygen atoms in total. The van der Waals surface area contributed by atoms with E-state index in [9.17, 15) is 13.2 Å². The summed E-state index contributed by atoms with van der Waals surface area (Å²) in [5, 5.41) is 3.84. The number of nitrogens with zero attached hydrogens (tertiary/aromatic N) is 2. The molecule has 3 heterocycles. The largest absolute Gasteiger partial charge is 0.461 e. The molecule has 0 saturated carbocycles. The number of benzene rings is 1. The number of hydrogen-bond donors (Lipinski definition) is 0. The summed E-state index contributed by atoms with van der Waals surface area (Å²) in [6, 6.07) is 9.33. The Kier molecular flexibility index (Phi) is 6.04. The van der Waals surface area contributed by atoms with Gasteiger partial charge in [0.25, 0.3) is 0 Å². The van der Waals surface area contributed by atoms with Gasteiger partial charge in [-0.3, -0.25) is 0 Å². The van der Waals surface area contributed by atoms with E-state index in [2.05, 4.69) is 21.1 Å². The summed E-state index contributed by atoms with van der Waals surface area (Å²) in [4.78, 5) is 12.5. The molecule has 0 spiro atoms. The third-order valence-electron chi connectivity index (χ3n) is 4.43. The minimum atomic E-state index is -3.78. The van der Waals surface area contributed by atoms with Crippen LogP contribution in [0.3, 0.4) is 0 Å². The van der Waals surface area contributed by atoms with Crippen LogP contribution in [0.5, 0.6) is 0 Å². The minimum absolute atomic E-state index is 0.000363. The fourth-order valence-electron chi connectivity index (χ4n) is 2.89. The first kappa shape index (κ1) is 20.8. The number of morpholine rings is 1. The molecule has 4 rings (SSSR count). The SMILES string of the molecule is O=C(OCc1cc(-c2ccco2)on1)c1ccc(Br)c(S(=O)(=O)N2CCOCC2)c1. The van der Waals surface area contributed by atoms with Crippen LogP contribution in [0.2, 0.25) is 0 Å². The number of sulfonamides is 1. The molecular weight excluding hydrogens is 480 g/mol. The maximum absolute atomic E-state index is 12.9. The molecule has 1 aliphatic rings. The molecule has 2 aromatic heterocycles. The summed E-state index contributed by atoms with van der Waals surface area (Å²) >= 11 is 3.26. The molecule has 1 aliphatic heterocycles. The normalized spacial score (nSPS) is 15.2. The third-order valence-corrected chi connectivity index (χ3v) is 7.32. The maximum atomic E-state index is 12.9. The van der Waals surface area contributed by atoms with Crippen molar-refractivity contribution >= 4 is 31.9 Å². The first-order valence-electron chi connectivity index (χ1n) is 8.99. The van der Waals surface area contributed by atoms with Gasteiger partial charge in [-0.1, -0.05) is 5.16 Å². The Bertz CT molecular complexity index is 1140. The summed E-state index contributed by atoms with van der Waals surface area (Å²) in [5.41, 5.74) is 0.507. The van der Waals surface area contributed by atoms with Crippen LogP contribution in [0.15, 0.2) is 61.0 Å². The van der Waals surface area contributed by atoms with Crippen LogP contribution in [-0.2, 0) is 26.1 Å². The van der Waals surface area contributed by atoms with Crippen molar-refractivity contribution in [3.63, 3.8) is 0 Å². The topological polar surface area (TPSA) is 112 Å². The Labute approximate surface area is 180 Å². The monoisotopic (exact) mass is 496 g/mol. The second-order valence-corrected chi connectivity index (χ2v) is 9.16. The van der Waals surface area contributed by atoms with Crippen LogP contribution >= 0.6 is 15.9 Å². The number of rotatable bonds is 6. The van der Waals surface area contributed by atoms with Gasteiger partial charge >= 0.3 is 5.97 Å². The van der Waals surface area contributed by atoms with E-state index in [1.54, 1.807) is 18.2 Å².